The molecule has 4 rings (SSSR count). The number of anilines is 2. The first-order valence-electron chi connectivity index (χ1n) is 13.8. The molecule has 0 spiro atoms. The summed E-state index contributed by atoms with van der Waals surface area (Å²) in [5.74, 6) is 0. The van der Waals surface area contributed by atoms with Crippen LogP contribution in [0.1, 0.15) is 50.5 Å². The standard InChI is InChI=1S/C35H43N3.Zr/c1-25-21-27(3)33(28(4)22-25)36-17-19-38(20-18-37-34-29(5)23-26(2)24-30(34)6)35(31-13-9-7-10-14-31)32-15-11-8-12-16-32;/h7-16,21-24,35-37H,17-20H2,1-6H3;. The van der Waals surface area contributed by atoms with E-state index in [0.717, 1.165) is 26.2 Å². The summed E-state index contributed by atoms with van der Waals surface area (Å²) in [5, 5.41) is 7.53. The molecule has 0 unspecified atom stereocenters. The van der Waals surface area contributed by atoms with E-state index >= 15 is 0 Å². The molecule has 0 heterocycles. The molecule has 0 atom stereocenters. The summed E-state index contributed by atoms with van der Waals surface area (Å²) in [4.78, 5) is 2.61. The molecule has 4 aromatic carbocycles. The third-order valence-electron chi connectivity index (χ3n) is 7.35. The van der Waals surface area contributed by atoms with Gasteiger partial charge in [-0.15, -0.1) is 0 Å². The van der Waals surface area contributed by atoms with Crippen molar-refractivity contribution in [3.8, 4) is 0 Å². The van der Waals surface area contributed by atoms with Gasteiger partial charge in [-0.05, 0) is 74.9 Å². The van der Waals surface area contributed by atoms with E-state index in [2.05, 4.69) is 142 Å². The van der Waals surface area contributed by atoms with Crippen LogP contribution < -0.4 is 10.6 Å². The minimum Gasteiger partial charge on any atom is -0.383 e. The molecule has 0 fully saturated rings. The maximum Gasteiger partial charge on any atom is 0.0603 e. The first-order chi connectivity index (χ1) is 18.3. The molecule has 202 valence electrons. The van der Waals surface area contributed by atoms with E-state index in [1.165, 1.54) is 55.9 Å². The summed E-state index contributed by atoms with van der Waals surface area (Å²) in [7, 11) is 0. The van der Waals surface area contributed by atoms with Gasteiger partial charge < -0.3 is 10.6 Å². The average Bonchev–Trinajstić information content (AvgIpc) is 2.88. The molecule has 4 aromatic rings. The molecular formula is C35H43N3Zr. The van der Waals surface area contributed by atoms with Crippen LogP contribution in [0.5, 0.6) is 0 Å². The van der Waals surface area contributed by atoms with E-state index < -0.39 is 0 Å². The van der Waals surface area contributed by atoms with Gasteiger partial charge in [-0.3, -0.25) is 4.90 Å². The molecule has 3 nitrogen and oxygen atoms in total. The first-order valence-corrected chi connectivity index (χ1v) is 13.8. The van der Waals surface area contributed by atoms with Crippen molar-refractivity contribution in [3.05, 3.63) is 129 Å². The predicted octanol–water partition coefficient (Wildman–Crippen LogP) is 8.15. The molecule has 0 saturated carbocycles. The third kappa shape index (κ3) is 8.16. The Labute approximate surface area is 255 Å². The van der Waals surface area contributed by atoms with Gasteiger partial charge in [0.2, 0.25) is 0 Å². The van der Waals surface area contributed by atoms with Crippen molar-refractivity contribution in [3.63, 3.8) is 0 Å². The Hall–Kier alpha value is -2.68. The topological polar surface area (TPSA) is 27.3 Å². The van der Waals surface area contributed by atoms with Gasteiger partial charge in [0.15, 0.2) is 0 Å². The second-order valence-electron chi connectivity index (χ2n) is 10.7. The normalized spacial score (nSPS) is 11.0. The van der Waals surface area contributed by atoms with E-state index in [-0.39, 0.29) is 32.2 Å². The Morgan fingerprint density at radius 3 is 1.21 bits per heavy atom. The van der Waals surface area contributed by atoms with Crippen LogP contribution in [-0.2, 0) is 26.2 Å². The largest absolute Gasteiger partial charge is 0.383 e. The molecule has 0 radical (unpaired) electrons. The molecule has 0 aliphatic carbocycles. The molecular weight excluding hydrogens is 554 g/mol. The molecule has 4 heteroatoms. The van der Waals surface area contributed by atoms with Crippen molar-refractivity contribution in [2.24, 2.45) is 0 Å². The van der Waals surface area contributed by atoms with E-state index in [1.807, 2.05) is 0 Å². The Balaban J connectivity index is 0.00000420. The predicted molar refractivity (Wildman–Crippen MR) is 165 cm³/mol. The zero-order valence-electron chi connectivity index (χ0n) is 24.4. The zero-order chi connectivity index (χ0) is 27.1. The van der Waals surface area contributed by atoms with Gasteiger partial charge in [-0.2, -0.15) is 0 Å². The maximum absolute atomic E-state index is 3.77. The summed E-state index contributed by atoms with van der Waals surface area (Å²) in [6.45, 7) is 16.7. The summed E-state index contributed by atoms with van der Waals surface area (Å²) < 4.78 is 0. The van der Waals surface area contributed by atoms with E-state index in [9.17, 15) is 0 Å². The van der Waals surface area contributed by atoms with Gasteiger partial charge >= 0.3 is 0 Å². The summed E-state index contributed by atoms with van der Waals surface area (Å²) in [6.07, 6.45) is 0. The molecule has 39 heavy (non-hydrogen) atoms. The fourth-order valence-electron chi connectivity index (χ4n) is 5.82. The smallest absolute Gasteiger partial charge is 0.0603 e. The number of hydrogen-bond donors (Lipinski definition) is 2. The number of aryl methyl sites for hydroxylation is 6. The Morgan fingerprint density at radius 2 is 0.872 bits per heavy atom. The zero-order valence-corrected chi connectivity index (χ0v) is 26.9. The number of benzene rings is 4. The van der Waals surface area contributed by atoms with Gasteiger partial charge in [-0.1, -0.05) is 96.1 Å². The fourth-order valence-corrected chi connectivity index (χ4v) is 5.82. The maximum atomic E-state index is 3.77. The molecule has 0 saturated heterocycles. The Bertz CT molecular complexity index is 1190. The molecule has 0 aliphatic rings. The molecule has 0 amide bonds. The number of hydrogen-bond acceptors (Lipinski definition) is 3. The van der Waals surface area contributed by atoms with E-state index in [1.54, 1.807) is 0 Å². The van der Waals surface area contributed by atoms with Crippen LogP contribution in [0.25, 0.3) is 0 Å². The SMILES string of the molecule is Cc1cc(C)c(NCCN(CCNc2c(C)cc(C)cc2C)C(c2ccccc2)c2ccccc2)c(C)c1.[Zr]. The monoisotopic (exact) mass is 595 g/mol. The van der Waals surface area contributed by atoms with Crippen molar-refractivity contribution in [2.75, 3.05) is 36.8 Å². The second-order valence-corrected chi connectivity index (χ2v) is 10.7. The van der Waals surface area contributed by atoms with Crippen molar-refractivity contribution in [1.82, 2.24) is 4.90 Å². The summed E-state index contributed by atoms with van der Waals surface area (Å²) >= 11 is 0. The van der Waals surface area contributed by atoms with Crippen molar-refractivity contribution >= 4 is 11.4 Å². The van der Waals surface area contributed by atoms with Crippen LogP contribution in [0.15, 0.2) is 84.9 Å². The van der Waals surface area contributed by atoms with E-state index in [0.29, 0.717) is 0 Å². The van der Waals surface area contributed by atoms with Gasteiger partial charge in [0, 0.05) is 63.8 Å². The number of rotatable bonds is 11. The van der Waals surface area contributed by atoms with Crippen molar-refractivity contribution in [1.29, 1.82) is 0 Å². The molecule has 2 N–H and O–H groups in total. The van der Waals surface area contributed by atoms with Crippen LogP contribution in [0.2, 0.25) is 0 Å². The second kappa shape index (κ2) is 14.6. The van der Waals surface area contributed by atoms with Crippen LogP contribution in [0, 0.1) is 41.5 Å². The Kier molecular flexibility index (Phi) is 11.6. The molecule has 0 aliphatic heterocycles. The van der Waals surface area contributed by atoms with Gasteiger partial charge in [0.25, 0.3) is 0 Å². The summed E-state index contributed by atoms with van der Waals surface area (Å²) in [5.41, 5.74) is 13.0. The van der Waals surface area contributed by atoms with Gasteiger partial charge in [0.1, 0.15) is 0 Å². The fraction of sp³-hybridized carbons (Fsp3) is 0.314. The van der Waals surface area contributed by atoms with Crippen molar-refractivity contribution in [2.45, 2.75) is 47.6 Å². The molecule has 0 aromatic heterocycles. The van der Waals surface area contributed by atoms with Crippen molar-refractivity contribution < 1.29 is 26.2 Å². The minimum atomic E-state index is 0. The molecule has 0 bridgehead atoms. The minimum absolute atomic E-state index is 0. The first kappa shape index (κ1) is 30.9. The number of nitrogens with zero attached hydrogens (tertiary/aromatic N) is 1. The van der Waals surface area contributed by atoms with Gasteiger partial charge in [0.05, 0.1) is 6.04 Å². The number of nitrogens with one attached hydrogen (secondary N) is 2. The van der Waals surface area contributed by atoms with Crippen LogP contribution in [0.4, 0.5) is 11.4 Å². The van der Waals surface area contributed by atoms with Crippen LogP contribution in [0.3, 0.4) is 0 Å². The van der Waals surface area contributed by atoms with E-state index in [4.69, 9.17) is 0 Å². The van der Waals surface area contributed by atoms with Crippen LogP contribution >= 0.6 is 0 Å². The van der Waals surface area contributed by atoms with Crippen LogP contribution in [-0.4, -0.2) is 31.1 Å². The van der Waals surface area contributed by atoms with Gasteiger partial charge in [-0.25, -0.2) is 0 Å². The quantitative estimate of drug-likeness (QED) is 0.183. The third-order valence-corrected chi connectivity index (χ3v) is 7.35. The Morgan fingerprint density at radius 1 is 0.538 bits per heavy atom. The summed E-state index contributed by atoms with van der Waals surface area (Å²) in [6, 6.07) is 31.1. The average molecular weight is 597 g/mol.